The van der Waals surface area contributed by atoms with Gasteiger partial charge in [0.2, 0.25) is 17.2 Å². The molecule has 2 heterocycles. The van der Waals surface area contributed by atoms with Crippen LogP contribution in [0.15, 0.2) is 30.3 Å². The topological polar surface area (TPSA) is 45.2 Å². The number of aromatic nitrogens is 3. The number of halogens is 1. The van der Waals surface area contributed by atoms with E-state index in [9.17, 15) is 0 Å². The van der Waals surface area contributed by atoms with Gasteiger partial charge in [0.05, 0.1) is 0 Å². The highest BCUT2D eigenvalue weighted by atomic mass is 35.5. The van der Waals surface area contributed by atoms with Crippen molar-refractivity contribution in [2.24, 2.45) is 0 Å². The molecule has 0 atom stereocenters. The molecule has 0 saturated carbocycles. The molecule has 1 aromatic carbocycles. The fourth-order valence-corrected chi connectivity index (χ4v) is 3.41. The Bertz CT molecular complexity index is 652. The van der Waals surface area contributed by atoms with Gasteiger partial charge in [0, 0.05) is 26.2 Å². The minimum atomic E-state index is 0.270. The van der Waals surface area contributed by atoms with Crippen LogP contribution in [0, 0.1) is 0 Å². The zero-order chi connectivity index (χ0) is 16.9. The highest BCUT2D eigenvalue weighted by Gasteiger charge is 2.23. The van der Waals surface area contributed by atoms with Crippen LogP contribution in [0.4, 0.5) is 11.9 Å². The van der Waals surface area contributed by atoms with Gasteiger partial charge in [0.1, 0.15) is 0 Å². The van der Waals surface area contributed by atoms with Crippen molar-refractivity contribution >= 4 is 23.5 Å². The Morgan fingerprint density at radius 3 is 2.33 bits per heavy atom. The summed E-state index contributed by atoms with van der Waals surface area (Å²) in [7, 11) is 0. The fraction of sp³-hybridized carbons (Fsp3) is 0.500. The largest absolute Gasteiger partial charge is 0.341 e. The van der Waals surface area contributed by atoms with Gasteiger partial charge >= 0.3 is 0 Å². The van der Waals surface area contributed by atoms with Crippen LogP contribution in [-0.4, -0.2) is 41.1 Å². The third-order valence-corrected chi connectivity index (χ3v) is 4.85. The van der Waals surface area contributed by atoms with Crippen LogP contribution in [0.3, 0.4) is 0 Å². The lowest BCUT2D eigenvalue weighted by molar-refractivity contribution is 0.499. The smallest absolute Gasteiger partial charge is 0.231 e. The number of hydrogen-bond donors (Lipinski definition) is 0. The van der Waals surface area contributed by atoms with Gasteiger partial charge in [-0.1, -0.05) is 30.3 Å². The highest BCUT2D eigenvalue weighted by molar-refractivity contribution is 6.28. The van der Waals surface area contributed by atoms with E-state index in [2.05, 4.69) is 68.9 Å². The van der Waals surface area contributed by atoms with E-state index in [1.807, 2.05) is 0 Å². The lowest BCUT2D eigenvalue weighted by Gasteiger charge is -2.32. The fourth-order valence-electron chi connectivity index (χ4n) is 3.26. The predicted octanol–water partition coefficient (Wildman–Crippen LogP) is 3.76. The zero-order valence-corrected chi connectivity index (χ0v) is 15.1. The third-order valence-electron chi connectivity index (χ3n) is 4.68. The summed E-state index contributed by atoms with van der Waals surface area (Å²) >= 11 is 6.14. The molecule has 3 rings (SSSR count). The Hall–Kier alpha value is -1.88. The first-order valence-corrected chi connectivity index (χ1v) is 9.05. The number of rotatable bonds is 5. The van der Waals surface area contributed by atoms with Gasteiger partial charge in [0.25, 0.3) is 0 Å². The van der Waals surface area contributed by atoms with Crippen molar-refractivity contribution in [3.05, 3.63) is 41.2 Å². The van der Waals surface area contributed by atoms with Gasteiger partial charge in [-0.05, 0) is 49.8 Å². The van der Waals surface area contributed by atoms with Crippen LogP contribution in [0.1, 0.15) is 38.2 Å². The number of nitrogens with zero attached hydrogens (tertiary/aromatic N) is 5. The second-order valence-electron chi connectivity index (χ2n) is 6.05. The Kier molecular flexibility index (Phi) is 5.51. The van der Waals surface area contributed by atoms with Crippen LogP contribution in [-0.2, 0) is 0 Å². The highest BCUT2D eigenvalue weighted by Crippen LogP contribution is 2.29. The van der Waals surface area contributed by atoms with E-state index in [-0.39, 0.29) is 5.28 Å². The molecule has 0 radical (unpaired) electrons. The zero-order valence-electron chi connectivity index (χ0n) is 14.3. The summed E-state index contributed by atoms with van der Waals surface area (Å²) in [5.41, 5.74) is 1.43. The molecule has 6 heteroatoms. The summed E-state index contributed by atoms with van der Waals surface area (Å²) in [6.07, 6.45) is 2.21. The lowest BCUT2D eigenvalue weighted by Crippen LogP contribution is -2.35. The van der Waals surface area contributed by atoms with E-state index in [0.29, 0.717) is 17.8 Å². The first-order valence-electron chi connectivity index (χ1n) is 8.67. The quantitative estimate of drug-likeness (QED) is 0.825. The molecule has 1 aromatic heterocycles. The molecule has 0 unspecified atom stereocenters. The van der Waals surface area contributed by atoms with E-state index in [1.54, 1.807) is 0 Å². The molecule has 24 heavy (non-hydrogen) atoms. The van der Waals surface area contributed by atoms with Crippen LogP contribution < -0.4 is 9.80 Å². The van der Waals surface area contributed by atoms with Crippen LogP contribution in [0.5, 0.6) is 0 Å². The Balaban J connectivity index is 1.72. The molecule has 1 saturated heterocycles. The summed E-state index contributed by atoms with van der Waals surface area (Å²) in [5.74, 6) is 1.98. The van der Waals surface area contributed by atoms with Crippen LogP contribution in [0.2, 0.25) is 5.28 Å². The van der Waals surface area contributed by atoms with Crippen molar-refractivity contribution in [3.8, 4) is 0 Å². The van der Waals surface area contributed by atoms with E-state index < -0.39 is 0 Å². The summed E-state index contributed by atoms with van der Waals surface area (Å²) in [4.78, 5) is 17.6. The molecule has 0 aliphatic carbocycles. The first-order chi connectivity index (χ1) is 11.7. The predicted molar refractivity (Wildman–Crippen MR) is 99.0 cm³/mol. The standard InChI is InChI=1S/C18H24ClN5/c1-3-23(4-2)17-20-16(19)21-18(22-17)24-12-10-15(11-13-24)14-8-6-5-7-9-14/h5-9,15H,3-4,10-13H2,1-2H3. The summed E-state index contributed by atoms with van der Waals surface area (Å²) < 4.78 is 0. The molecule has 0 spiro atoms. The van der Waals surface area contributed by atoms with Crippen molar-refractivity contribution < 1.29 is 0 Å². The summed E-state index contributed by atoms with van der Waals surface area (Å²) in [5, 5.41) is 0.270. The Morgan fingerprint density at radius 2 is 1.71 bits per heavy atom. The minimum absolute atomic E-state index is 0.270. The molecule has 5 nitrogen and oxygen atoms in total. The molecule has 128 valence electrons. The third kappa shape index (κ3) is 3.78. The van der Waals surface area contributed by atoms with Crippen LogP contribution in [0.25, 0.3) is 0 Å². The molecule has 1 aliphatic heterocycles. The van der Waals surface area contributed by atoms with Crippen molar-refractivity contribution in [2.75, 3.05) is 36.0 Å². The van der Waals surface area contributed by atoms with Crippen LogP contribution >= 0.6 is 11.6 Å². The average molecular weight is 346 g/mol. The normalized spacial score (nSPS) is 15.5. The molecule has 0 N–H and O–H groups in total. The van der Waals surface area contributed by atoms with Gasteiger partial charge in [-0.25, -0.2) is 0 Å². The molecular formula is C18H24ClN5. The molecule has 0 bridgehead atoms. The van der Waals surface area contributed by atoms with Gasteiger partial charge in [-0.3, -0.25) is 0 Å². The number of benzene rings is 1. The SMILES string of the molecule is CCN(CC)c1nc(Cl)nc(N2CCC(c3ccccc3)CC2)n1. The molecule has 2 aromatic rings. The number of hydrogen-bond acceptors (Lipinski definition) is 5. The van der Waals surface area contributed by atoms with E-state index >= 15 is 0 Å². The number of piperidine rings is 1. The Labute approximate surface area is 148 Å². The monoisotopic (exact) mass is 345 g/mol. The molecule has 0 amide bonds. The minimum Gasteiger partial charge on any atom is -0.341 e. The van der Waals surface area contributed by atoms with E-state index in [0.717, 1.165) is 39.0 Å². The molecule has 1 fully saturated rings. The number of anilines is 2. The van der Waals surface area contributed by atoms with E-state index in [4.69, 9.17) is 11.6 Å². The van der Waals surface area contributed by atoms with Crippen molar-refractivity contribution in [1.29, 1.82) is 0 Å². The summed E-state index contributed by atoms with van der Waals surface area (Å²) in [6.45, 7) is 7.77. The van der Waals surface area contributed by atoms with Gasteiger partial charge < -0.3 is 9.80 Å². The maximum atomic E-state index is 6.14. The van der Waals surface area contributed by atoms with Crippen molar-refractivity contribution in [3.63, 3.8) is 0 Å². The maximum absolute atomic E-state index is 6.14. The van der Waals surface area contributed by atoms with Gasteiger partial charge in [-0.2, -0.15) is 15.0 Å². The second kappa shape index (κ2) is 7.79. The second-order valence-corrected chi connectivity index (χ2v) is 6.39. The van der Waals surface area contributed by atoms with Crippen molar-refractivity contribution in [2.45, 2.75) is 32.6 Å². The maximum Gasteiger partial charge on any atom is 0.231 e. The summed E-state index contributed by atoms with van der Waals surface area (Å²) in [6, 6.07) is 10.7. The van der Waals surface area contributed by atoms with Gasteiger partial charge in [0.15, 0.2) is 0 Å². The molecule has 1 aliphatic rings. The average Bonchev–Trinajstić information content (AvgIpc) is 2.63. The Morgan fingerprint density at radius 1 is 1.04 bits per heavy atom. The first kappa shape index (κ1) is 17.0. The van der Waals surface area contributed by atoms with Crippen molar-refractivity contribution in [1.82, 2.24) is 15.0 Å². The van der Waals surface area contributed by atoms with E-state index in [1.165, 1.54) is 5.56 Å². The van der Waals surface area contributed by atoms with Gasteiger partial charge in [-0.15, -0.1) is 0 Å². The lowest BCUT2D eigenvalue weighted by atomic mass is 9.90. The molecular weight excluding hydrogens is 322 g/mol.